The number of hydrogen-bond donors (Lipinski definition) is 2. The van der Waals surface area contributed by atoms with Crippen molar-refractivity contribution in [1.82, 2.24) is 15.5 Å². The first-order chi connectivity index (χ1) is 14.0. The molecule has 1 aliphatic rings. The number of aliphatic imine (C=N–C) groups is 1. The molecular weight excluding hydrogens is 368 g/mol. The first-order valence-corrected chi connectivity index (χ1v) is 10.3. The highest BCUT2D eigenvalue weighted by molar-refractivity contribution is 5.85. The molecule has 1 fully saturated rings. The van der Waals surface area contributed by atoms with Gasteiger partial charge in [-0.15, -0.1) is 0 Å². The molecule has 0 atom stereocenters. The molecule has 0 saturated heterocycles. The zero-order chi connectivity index (χ0) is 21.3. The Labute approximate surface area is 174 Å². The second-order valence-electron chi connectivity index (χ2n) is 7.83. The average Bonchev–Trinajstić information content (AvgIpc) is 3.22. The molecular formula is C22H36N4O3. The molecule has 0 unspecified atom stereocenters. The van der Waals surface area contributed by atoms with E-state index in [-0.39, 0.29) is 11.3 Å². The molecule has 1 saturated carbocycles. The highest BCUT2D eigenvalue weighted by atomic mass is 16.5. The zero-order valence-corrected chi connectivity index (χ0v) is 18.5. The number of hydrogen-bond acceptors (Lipinski definition) is 4. The van der Waals surface area contributed by atoms with Crippen LogP contribution >= 0.6 is 0 Å². The molecule has 7 heteroatoms. The number of guanidine groups is 1. The number of nitrogens with zero attached hydrogens (tertiary/aromatic N) is 2. The standard InChI is InChI=1S/C22H36N4O3/c1-23-21(25-16-22(12-6-7-13-22)20(27)26(2)3)24-14-8-9-17-10-11-18(28-4)19(15-17)29-5/h10-11,15H,6-9,12-14,16H2,1-5H3,(H2,23,24,25). The van der Waals surface area contributed by atoms with Gasteiger partial charge in [0, 0.05) is 34.2 Å². The second-order valence-corrected chi connectivity index (χ2v) is 7.83. The summed E-state index contributed by atoms with van der Waals surface area (Å²) in [7, 11) is 8.73. The Morgan fingerprint density at radius 1 is 1.14 bits per heavy atom. The smallest absolute Gasteiger partial charge is 0.230 e. The van der Waals surface area contributed by atoms with E-state index in [0.717, 1.165) is 62.5 Å². The van der Waals surface area contributed by atoms with Crippen molar-refractivity contribution in [2.75, 3.05) is 48.5 Å². The Hall–Kier alpha value is -2.44. The number of carbonyl (C=O) groups is 1. The maximum absolute atomic E-state index is 12.7. The number of nitrogens with one attached hydrogen (secondary N) is 2. The van der Waals surface area contributed by atoms with E-state index in [2.05, 4.69) is 21.7 Å². The molecule has 1 aliphatic carbocycles. The number of carbonyl (C=O) groups excluding carboxylic acids is 1. The minimum atomic E-state index is -0.305. The van der Waals surface area contributed by atoms with Gasteiger partial charge in [0.25, 0.3) is 0 Å². The van der Waals surface area contributed by atoms with Crippen LogP contribution < -0.4 is 20.1 Å². The van der Waals surface area contributed by atoms with Crippen LogP contribution in [0.2, 0.25) is 0 Å². The number of aryl methyl sites for hydroxylation is 1. The van der Waals surface area contributed by atoms with Crippen molar-refractivity contribution in [3.63, 3.8) is 0 Å². The van der Waals surface area contributed by atoms with Crippen LogP contribution in [0.15, 0.2) is 23.2 Å². The summed E-state index contributed by atoms with van der Waals surface area (Å²) in [6.45, 7) is 1.42. The molecule has 0 aliphatic heterocycles. The molecule has 0 bridgehead atoms. The number of methoxy groups -OCH3 is 2. The molecule has 29 heavy (non-hydrogen) atoms. The lowest BCUT2D eigenvalue weighted by atomic mass is 9.84. The molecule has 0 spiro atoms. The molecule has 7 nitrogen and oxygen atoms in total. The maximum atomic E-state index is 12.7. The van der Waals surface area contributed by atoms with E-state index in [1.807, 2.05) is 26.2 Å². The van der Waals surface area contributed by atoms with Crippen LogP contribution in [0, 0.1) is 5.41 Å². The van der Waals surface area contributed by atoms with Gasteiger partial charge in [-0.25, -0.2) is 0 Å². The van der Waals surface area contributed by atoms with Gasteiger partial charge in [0.05, 0.1) is 19.6 Å². The Balaban J connectivity index is 1.81. The lowest BCUT2D eigenvalue weighted by Gasteiger charge is -2.31. The van der Waals surface area contributed by atoms with Crippen molar-refractivity contribution in [3.8, 4) is 11.5 Å². The van der Waals surface area contributed by atoms with E-state index in [9.17, 15) is 4.79 Å². The van der Waals surface area contributed by atoms with Crippen molar-refractivity contribution in [1.29, 1.82) is 0 Å². The third kappa shape index (κ3) is 6.02. The van der Waals surface area contributed by atoms with E-state index in [4.69, 9.17) is 9.47 Å². The summed E-state index contributed by atoms with van der Waals surface area (Å²) < 4.78 is 10.6. The van der Waals surface area contributed by atoms with Gasteiger partial charge in [-0.05, 0) is 43.4 Å². The molecule has 2 N–H and O–H groups in total. The van der Waals surface area contributed by atoms with E-state index in [0.29, 0.717) is 6.54 Å². The van der Waals surface area contributed by atoms with Gasteiger partial charge in [-0.2, -0.15) is 0 Å². The Morgan fingerprint density at radius 2 is 1.83 bits per heavy atom. The van der Waals surface area contributed by atoms with Crippen LogP contribution in [-0.4, -0.2) is 65.2 Å². The van der Waals surface area contributed by atoms with Crippen LogP contribution in [0.5, 0.6) is 11.5 Å². The number of ether oxygens (including phenoxy) is 2. The maximum Gasteiger partial charge on any atom is 0.230 e. The van der Waals surface area contributed by atoms with Crippen LogP contribution in [-0.2, 0) is 11.2 Å². The van der Waals surface area contributed by atoms with Gasteiger partial charge in [-0.3, -0.25) is 9.79 Å². The van der Waals surface area contributed by atoms with Crippen molar-refractivity contribution in [3.05, 3.63) is 23.8 Å². The normalized spacial score (nSPS) is 15.7. The fraction of sp³-hybridized carbons (Fsp3) is 0.636. The minimum absolute atomic E-state index is 0.214. The van der Waals surface area contributed by atoms with Gasteiger partial charge in [-0.1, -0.05) is 18.9 Å². The van der Waals surface area contributed by atoms with E-state index < -0.39 is 0 Å². The molecule has 1 aromatic rings. The Morgan fingerprint density at radius 3 is 2.41 bits per heavy atom. The van der Waals surface area contributed by atoms with Crippen LogP contribution in [0.3, 0.4) is 0 Å². The predicted octanol–water partition coefficient (Wildman–Crippen LogP) is 2.45. The van der Waals surface area contributed by atoms with Crippen molar-refractivity contribution < 1.29 is 14.3 Å². The van der Waals surface area contributed by atoms with Crippen LogP contribution in [0.4, 0.5) is 0 Å². The van der Waals surface area contributed by atoms with E-state index >= 15 is 0 Å². The van der Waals surface area contributed by atoms with Crippen molar-refractivity contribution in [2.45, 2.75) is 38.5 Å². The third-order valence-electron chi connectivity index (χ3n) is 5.62. The van der Waals surface area contributed by atoms with E-state index in [1.165, 1.54) is 5.56 Å². The molecule has 0 radical (unpaired) electrons. The first-order valence-electron chi connectivity index (χ1n) is 10.3. The largest absolute Gasteiger partial charge is 0.493 e. The summed E-state index contributed by atoms with van der Waals surface area (Å²) in [5.41, 5.74) is 0.898. The number of rotatable bonds is 9. The quantitative estimate of drug-likeness (QED) is 0.376. The van der Waals surface area contributed by atoms with Gasteiger partial charge in [0.15, 0.2) is 17.5 Å². The highest BCUT2D eigenvalue weighted by Crippen LogP contribution is 2.38. The summed E-state index contributed by atoms with van der Waals surface area (Å²) in [5, 5.41) is 6.73. The highest BCUT2D eigenvalue weighted by Gasteiger charge is 2.42. The topological polar surface area (TPSA) is 75.2 Å². The number of benzene rings is 1. The molecule has 0 heterocycles. The van der Waals surface area contributed by atoms with Crippen LogP contribution in [0.1, 0.15) is 37.7 Å². The van der Waals surface area contributed by atoms with Gasteiger partial charge < -0.3 is 25.0 Å². The fourth-order valence-electron chi connectivity index (χ4n) is 4.00. The summed E-state index contributed by atoms with van der Waals surface area (Å²) in [4.78, 5) is 18.7. The first kappa shape index (κ1) is 22.8. The monoisotopic (exact) mass is 404 g/mol. The van der Waals surface area contributed by atoms with Crippen molar-refractivity contribution in [2.24, 2.45) is 10.4 Å². The van der Waals surface area contributed by atoms with Crippen LogP contribution in [0.25, 0.3) is 0 Å². The second kappa shape index (κ2) is 10.9. The minimum Gasteiger partial charge on any atom is -0.493 e. The molecule has 1 amide bonds. The molecule has 2 rings (SSSR count). The Kier molecular flexibility index (Phi) is 8.61. The number of amides is 1. The van der Waals surface area contributed by atoms with Crippen molar-refractivity contribution >= 4 is 11.9 Å². The summed E-state index contributed by atoms with van der Waals surface area (Å²) in [5.74, 6) is 2.46. The Bertz CT molecular complexity index is 697. The summed E-state index contributed by atoms with van der Waals surface area (Å²) >= 11 is 0. The lowest BCUT2D eigenvalue weighted by Crippen LogP contribution is -2.49. The molecule has 1 aromatic carbocycles. The lowest BCUT2D eigenvalue weighted by molar-refractivity contribution is -0.138. The molecule has 0 aromatic heterocycles. The predicted molar refractivity (Wildman–Crippen MR) is 117 cm³/mol. The van der Waals surface area contributed by atoms with Gasteiger partial charge in [0.1, 0.15) is 0 Å². The average molecular weight is 405 g/mol. The van der Waals surface area contributed by atoms with E-state index in [1.54, 1.807) is 26.2 Å². The zero-order valence-electron chi connectivity index (χ0n) is 18.5. The van der Waals surface area contributed by atoms with Gasteiger partial charge in [0.2, 0.25) is 5.91 Å². The fourth-order valence-corrected chi connectivity index (χ4v) is 4.00. The summed E-state index contributed by atoms with van der Waals surface area (Å²) in [6, 6.07) is 6.01. The summed E-state index contributed by atoms with van der Waals surface area (Å²) in [6.07, 6.45) is 5.98. The van der Waals surface area contributed by atoms with Gasteiger partial charge >= 0.3 is 0 Å². The SMILES string of the molecule is CN=C(NCCCc1ccc(OC)c(OC)c1)NCC1(C(=O)N(C)C)CCCC1. The third-order valence-corrected chi connectivity index (χ3v) is 5.62. The molecule has 162 valence electrons.